The van der Waals surface area contributed by atoms with Crippen LogP contribution in [0.2, 0.25) is 0 Å². The number of nitrogens with one attached hydrogen (secondary N) is 1. The van der Waals surface area contributed by atoms with Crippen molar-refractivity contribution in [2.24, 2.45) is 0 Å². The van der Waals surface area contributed by atoms with E-state index in [0.717, 1.165) is 63.2 Å². The fourth-order valence-electron chi connectivity index (χ4n) is 3.30. The molecule has 0 bridgehead atoms. The number of hydrogen-bond acceptors (Lipinski definition) is 5. The van der Waals surface area contributed by atoms with E-state index in [1.165, 1.54) is 0 Å². The number of morpholine rings is 1. The molecule has 3 heterocycles. The van der Waals surface area contributed by atoms with Crippen molar-refractivity contribution in [1.82, 2.24) is 14.8 Å². The second-order valence-corrected chi connectivity index (χ2v) is 7.85. The molecule has 6 nitrogen and oxygen atoms in total. The molecule has 0 aliphatic carbocycles. The highest BCUT2D eigenvalue weighted by molar-refractivity contribution is 7.08. The van der Waals surface area contributed by atoms with Crippen LogP contribution in [0.5, 0.6) is 0 Å². The van der Waals surface area contributed by atoms with Crippen LogP contribution in [0.4, 0.5) is 0 Å². The van der Waals surface area contributed by atoms with Crippen molar-refractivity contribution in [1.29, 1.82) is 0 Å². The molecule has 1 fully saturated rings. The van der Waals surface area contributed by atoms with Gasteiger partial charge in [0, 0.05) is 32.4 Å². The topological polar surface area (TPSA) is 63.6 Å². The quantitative estimate of drug-likeness (QED) is 0.654. The van der Waals surface area contributed by atoms with Crippen LogP contribution in [0.1, 0.15) is 36.5 Å². The van der Waals surface area contributed by atoms with Gasteiger partial charge in [0.2, 0.25) is 0 Å². The van der Waals surface area contributed by atoms with E-state index in [1.54, 1.807) is 22.0 Å². The second kappa shape index (κ2) is 10.5. The van der Waals surface area contributed by atoms with Crippen molar-refractivity contribution in [2.75, 3.05) is 39.4 Å². The summed E-state index contributed by atoms with van der Waals surface area (Å²) in [6.45, 7) is 7.66. The van der Waals surface area contributed by atoms with E-state index in [9.17, 15) is 9.59 Å². The van der Waals surface area contributed by atoms with E-state index in [-0.39, 0.29) is 17.0 Å². The molecular weight excluding hydrogens is 374 g/mol. The number of thiophene rings is 1. The Bertz CT molecular complexity index is 811. The van der Waals surface area contributed by atoms with Gasteiger partial charge in [-0.15, -0.1) is 0 Å². The average Bonchev–Trinajstić information content (AvgIpc) is 3.26. The zero-order chi connectivity index (χ0) is 19.8. The fourth-order valence-corrected chi connectivity index (χ4v) is 3.97. The van der Waals surface area contributed by atoms with Crippen molar-refractivity contribution >= 4 is 17.2 Å². The van der Waals surface area contributed by atoms with Crippen LogP contribution in [0, 0.1) is 0 Å². The Hall–Kier alpha value is -1.96. The first-order chi connectivity index (χ1) is 13.7. The molecular formula is C21H29N3O3S. The Morgan fingerprint density at radius 1 is 1.21 bits per heavy atom. The Kier molecular flexibility index (Phi) is 7.82. The number of unbranched alkanes of at least 4 members (excludes halogenated alkanes) is 1. The van der Waals surface area contributed by atoms with Crippen molar-refractivity contribution in [3.8, 4) is 11.1 Å². The van der Waals surface area contributed by atoms with E-state index in [2.05, 4.69) is 17.1 Å². The first kappa shape index (κ1) is 20.8. The van der Waals surface area contributed by atoms with Gasteiger partial charge in [-0.2, -0.15) is 11.3 Å². The molecule has 2 aromatic heterocycles. The van der Waals surface area contributed by atoms with Crippen LogP contribution in [0.15, 0.2) is 33.9 Å². The van der Waals surface area contributed by atoms with Gasteiger partial charge in [-0.05, 0) is 53.4 Å². The minimum atomic E-state index is -0.283. The number of carbonyl (C=O) groups is 1. The maximum Gasteiger partial charge on any atom is 0.263 e. The third-order valence-electron chi connectivity index (χ3n) is 4.98. The third kappa shape index (κ3) is 5.53. The van der Waals surface area contributed by atoms with Gasteiger partial charge >= 0.3 is 0 Å². The summed E-state index contributed by atoms with van der Waals surface area (Å²) in [6.07, 6.45) is 4.64. The zero-order valence-corrected chi connectivity index (χ0v) is 17.3. The molecule has 1 amide bonds. The number of aryl methyl sites for hydroxylation is 1. The summed E-state index contributed by atoms with van der Waals surface area (Å²) >= 11 is 1.61. The molecule has 0 aromatic carbocycles. The molecule has 28 heavy (non-hydrogen) atoms. The van der Waals surface area contributed by atoms with Crippen molar-refractivity contribution < 1.29 is 9.53 Å². The monoisotopic (exact) mass is 403 g/mol. The van der Waals surface area contributed by atoms with Crippen molar-refractivity contribution in [2.45, 2.75) is 32.7 Å². The van der Waals surface area contributed by atoms with E-state index in [4.69, 9.17) is 4.74 Å². The molecule has 3 rings (SSSR count). The van der Waals surface area contributed by atoms with Crippen LogP contribution >= 0.6 is 11.3 Å². The lowest BCUT2D eigenvalue weighted by molar-refractivity contribution is 0.0374. The van der Waals surface area contributed by atoms with Gasteiger partial charge in [-0.25, -0.2) is 0 Å². The summed E-state index contributed by atoms with van der Waals surface area (Å²) in [6, 6.07) is 3.74. The van der Waals surface area contributed by atoms with Gasteiger partial charge in [-0.3, -0.25) is 14.5 Å². The summed E-state index contributed by atoms with van der Waals surface area (Å²) in [5.74, 6) is -0.283. The zero-order valence-electron chi connectivity index (χ0n) is 16.5. The molecule has 0 radical (unpaired) electrons. The van der Waals surface area contributed by atoms with Gasteiger partial charge in [0.1, 0.15) is 5.56 Å². The van der Waals surface area contributed by atoms with Crippen LogP contribution in [-0.2, 0) is 11.3 Å². The number of aromatic nitrogens is 1. The van der Waals surface area contributed by atoms with Gasteiger partial charge in [0.25, 0.3) is 11.5 Å². The lowest BCUT2D eigenvalue weighted by Crippen LogP contribution is -2.38. The highest BCUT2D eigenvalue weighted by Gasteiger charge is 2.16. The number of ether oxygens (including phenoxy) is 1. The van der Waals surface area contributed by atoms with E-state index < -0.39 is 0 Å². The Morgan fingerprint density at radius 2 is 2.04 bits per heavy atom. The van der Waals surface area contributed by atoms with Gasteiger partial charge in [-0.1, -0.05) is 13.3 Å². The normalized spacial score (nSPS) is 14.9. The lowest BCUT2D eigenvalue weighted by Gasteiger charge is -2.26. The Labute approximate surface area is 170 Å². The molecule has 1 aliphatic heterocycles. The van der Waals surface area contributed by atoms with Crippen LogP contribution in [0.25, 0.3) is 11.1 Å². The molecule has 1 saturated heterocycles. The van der Waals surface area contributed by atoms with Crippen LogP contribution < -0.4 is 10.9 Å². The van der Waals surface area contributed by atoms with Gasteiger partial charge in [0.15, 0.2) is 0 Å². The van der Waals surface area contributed by atoms with E-state index in [0.29, 0.717) is 13.1 Å². The number of hydrogen-bond donors (Lipinski definition) is 1. The molecule has 0 saturated carbocycles. The molecule has 0 atom stereocenters. The van der Waals surface area contributed by atoms with Crippen LogP contribution in [-0.4, -0.2) is 54.8 Å². The van der Waals surface area contributed by atoms with Crippen LogP contribution in [0.3, 0.4) is 0 Å². The average molecular weight is 404 g/mol. The highest BCUT2D eigenvalue weighted by atomic mass is 32.1. The lowest BCUT2D eigenvalue weighted by atomic mass is 10.1. The Balaban J connectivity index is 1.67. The summed E-state index contributed by atoms with van der Waals surface area (Å²) in [5, 5.41) is 6.97. The number of pyridine rings is 1. The highest BCUT2D eigenvalue weighted by Crippen LogP contribution is 2.22. The minimum Gasteiger partial charge on any atom is -0.379 e. The minimum absolute atomic E-state index is 0.210. The first-order valence-corrected chi connectivity index (χ1v) is 11.0. The maximum absolute atomic E-state index is 12.8. The summed E-state index contributed by atoms with van der Waals surface area (Å²) in [4.78, 5) is 27.8. The number of rotatable bonds is 9. The van der Waals surface area contributed by atoms with Gasteiger partial charge < -0.3 is 14.6 Å². The predicted octanol–water partition coefficient (Wildman–Crippen LogP) is 2.83. The maximum atomic E-state index is 12.8. The van der Waals surface area contributed by atoms with Crippen molar-refractivity contribution in [3.05, 3.63) is 45.0 Å². The van der Waals surface area contributed by atoms with E-state index >= 15 is 0 Å². The summed E-state index contributed by atoms with van der Waals surface area (Å²) in [7, 11) is 0. The molecule has 152 valence electrons. The largest absolute Gasteiger partial charge is 0.379 e. The molecule has 7 heteroatoms. The summed E-state index contributed by atoms with van der Waals surface area (Å²) < 4.78 is 7.03. The third-order valence-corrected chi connectivity index (χ3v) is 5.66. The number of amides is 1. The SMILES string of the molecule is CCCCn1cc(-c2ccsc2)cc(C(=O)NCCCN2CCOCC2)c1=O. The molecule has 2 aromatic rings. The molecule has 0 spiro atoms. The fraction of sp³-hybridized carbons (Fsp3) is 0.524. The van der Waals surface area contributed by atoms with Crippen molar-refractivity contribution in [3.63, 3.8) is 0 Å². The second-order valence-electron chi connectivity index (χ2n) is 7.07. The molecule has 1 N–H and O–H groups in total. The van der Waals surface area contributed by atoms with Gasteiger partial charge in [0.05, 0.1) is 13.2 Å². The summed E-state index contributed by atoms with van der Waals surface area (Å²) in [5.41, 5.74) is 1.97. The van der Waals surface area contributed by atoms with E-state index in [1.807, 2.05) is 23.0 Å². The Morgan fingerprint density at radius 3 is 2.75 bits per heavy atom. The number of nitrogens with zero attached hydrogens (tertiary/aromatic N) is 2. The smallest absolute Gasteiger partial charge is 0.263 e. The molecule has 1 aliphatic rings. The standard InChI is InChI=1S/C21H29N3O3S/c1-2-3-8-24-15-18(17-5-13-28-16-17)14-19(21(24)26)20(25)22-6-4-7-23-9-11-27-12-10-23/h5,13-16H,2-4,6-12H2,1H3,(H,22,25). The predicted molar refractivity (Wildman–Crippen MR) is 113 cm³/mol. The number of carbonyl (C=O) groups excluding carboxylic acids is 1. The first-order valence-electron chi connectivity index (χ1n) is 10.0. The molecule has 0 unspecified atom stereocenters.